The number of pyridine rings is 2. The van der Waals surface area contributed by atoms with Crippen molar-refractivity contribution in [2.24, 2.45) is 15.9 Å². The summed E-state index contributed by atoms with van der Waals surface area (Å²) in [6.07, 6.45) is 2.50. The lowest BCUT2D eigenvalue weighted by molar-refractivity contribution is -0.0891. The number of ether oxygens (including phenoxy) is 2. The van der Waals surface area contributed by atoms with Crippen LogP contribution in [0.2, 0.25) is 5.02 Å². The number of hydrogen-bond donors (Lipinski definition) is 2. The molecule has 2 saturated heterocycles. The second kappa shape index (κ2) is 10.1. The van der Waals surface area contributed by atoms with E-state index in [4.69, 9.17) is 31.9 Å². The molecule has 13 heteroatoms. The molecule has 0 spiro atoms. The molecule has 0 aromatic carbocycles. The standard InChI is InChI=1S/C23H24ClF2N7O3/c1-12(30-15-7-32(8-15)16-9-35-10-16)21(31-27)13-2-20(23-17(24)5-29-33(23)6-13)36-11-19(34)22-18(26)3-14(25)4-28-22/h2-6,15-16,19,34H,7-11,27H2,1H3/b30-12?,31-21+. The minimum Gasteiger partial charge on any atom is -0.488 e. The van der Waals surface area contributed by atoms with Crippen molar-refractivity contribution < 1.29 is 23.4 Å². The molecule has 5 heterocycles. The van der Waals surface area contributed by atoms with Crippen molar-refractivity contribution in [3.8, 4) is 5.75 Å². The monoisotopic (exact) mass is 519 g/mol. The lowest BCUT2D eigenvalue weighted by Gasteiger charge is -2.46. The van der Waals surface area contributed by atoms with E-state index in [2.05, 4.69) is 20.1 Å². The van der Waals surface area contributed by atoms with Crippen LogP contribution in [-0.4, -0.2) is 81.0 Å². The minimum atomic E-state index is -1.45. The number of rotatable bonds is 8. The Bertz CT molecular complexity index is 1340. The molecule has 5 rings (SSSR count). The highest BCUT2D eigenvalue weighted by atomic mass is 35.5. The predicted molar refractivity (Wildman–Crippen MR) is 129 cm³/mol. The molecule has 0 aliphatic carbocycles. The molecule has 1 unspecified atom stereocenters. The van der Waals surface area contributed by atoms with Gasteiger partial charge in [0.2, 0.25) is 0 Å². The summed E-state index contributed by atoms with van der Waals surface area (Å²) in [5, 5.41) is 18.9. The van der Waals surface area contributed by atoms with Crippen LogP contribution in [0.4, 0.5) is 8.78 Å². The van der Waals surface area contributed by atoms with Gasteiger partial charge in [-0.25, -0.2) is 13.3 Å². The van der Waals surface area contributed by atoms with E-state index in [9.17, 15) is 13.9 Å². The van der Waals surface area contributed by atoms with E-state index in [0.717, 1.165) is 32.5 Å². The third-order valence-corrected chi connectivity index (χ3v) is 6.51. The van der Waals surface area contributed by atoms with Gasteiger partial charge in [0.15, 0.2) is 0 Å². The number of aliphatic hydroxyl groups is 1. The van der Waals surface area contributed by atoms with Gasteiger partial charge in [-0.2, -0.15) is 10.2 Å². The Hall–Kier alpha value is -3.19. The second-order valence-electron chi connectivity index (χ2n) is 8.72. The molecular weight excluding hydrogens is 496 g/mol. The highest BCUT2D eigenvalue weighted by Crippen LogP contribution is 2.30. The third-order valence-electron chi connectivity index (χ3n) is 6.23. The molecule has 0 saturated carbocycles. The minimum absolute atomic E-state index is 0.134. The second-order valence-corrected chi connectivity index (χ2v) is 9.12. The summed E-state index contributed by atoms with van der Waals surface area (Å²) in [4.78, 5) is 10.7. The van der Waals surface area contributed by atoms with Crippen molar-refractivity contribution in [1.82, 2.24) is 19.5 Å². The molecule has 0 amide bonds. The lowest BCUT2D eigenvalue weighted by atomic mass is 10.0. The fourth-order valence-electron chi connectivity index (χ4n) is 4.22. The number of aliphatic hydroxyl groups excluding tert-OH is 1. The van der Waals surface area contributed by atoms with Gasteiger partial charge in [-0.05, 0) is 13.0 Å². The van der Waals surface area contributed by atoms with Crippen molar-refractivity contribution in [1.29, 1.82) is 0 Å². The molecule has 0 bridgehead atoms. The van der Waals surface area contributed by atoms with Gasteiger partial charge >= 0.3 is 0 Å². The number of likely N-dealkylation sites (tertiary alicyclic amines) is 1. The number of hydrazone groups is 1. The van der Waals surface area contributed by atoms with Gasteiger partial charge in [0.05, 0.1) is 48.4 Å². The maximum atomic E-state index is 14.0. The Morgan fingerprint density at radius 3 is 2.78 bits per heavy atom. The van der Waals surface area contributed by atoms with Crippen molar-refractivity contribution >= 4 is 28.5 Å². The van der Waals surface area contributed by atoms with E-state index >= 15 is 0 Å². The third kappa shape index (κ3) is 4.76. The van der Waals surface area contributed by atoms with Crippen LogP contribution in [-0.2, 0) is 4.74 Å². The van der Waals surface area contributed by atoms with E-state index in [1.807, 2.05) is 6.92 Å². The van der Waals surface area contributed by atoms with E-state index in [1.54, 1.807) is 12.3 Å². The Morgan fingerprint density at radius 1 is 1.33 bits per heavy atom. The number of halogens is 3. The summed E-state index contributed by atoms with van der Waals surface area (Å²) in [7, 11) is 0. The van der Waals surface area contributed by atoms with Crippen molar-refractivity contribution in [3.05, 3.63) is 58.6 Å². The van der Waals surface area contributed by atoms with Gasteiger partial charge < -0.3 is 20.4 Å². The van der Waals surface area contributed by atoms with Crippen LogP contribution in [0.15, 0.2) is 40.8 Å². The summed E-state index contributed by atoms with van der Waals surface area (Å²) in [6.45, 7) is 4.67. The molecule has 2 aliphatic heterocycles. The first-order valence-corrected chi connectivity index (χ1v) is 11.6. The van der Waals surface area contributed by atoms with Gasteiger partial charge in [-0.3, -0.25) is 14.9 Å². The fraction of sp³-hybridized carbons (Fsp3) is 0.391. The molecule has 1 atom stereocenters. The lowest BCUT2D eigenvalue weighted by Crippen LogP contribution is -2.61. The smallest absolute Gasteiger partial charge is 0.150 e. The Balaban J connectivity index is 1.37. The van der Waals surface area contributed by atoms with Crippen LogP contribution >= 0.6 is 11.6 Å². The molecule has 3 N–H and O–H groups in total. The van der Waals surface area contributed by atoms with Gasteiger partial charge in [0.1, 0.15) is 47.0 Å². The van der Waals surface area contributed by atoms with E-state index in [1.165, 1.54) is 10.7 Å². The Morgan fingerprint density at radius 2 is 2.11 bits per heavy atom. The van der Waals surface area contributed by atoms with Crippen LogP contribution in [0, 0.1) is 11.6 Å². The number of nitrogens with zero attached hydrogens (tertiary/aromatic N) is 6. The molecule has 2 aliphatic rings. The van der Waals surface area contributed by atoms with E-state index in [0.29, 0.717) is 39.6 Å². The predicted octanol–water partition coefficient (Wildman–Crippen LogP) is 1.98. The molecule has 3 aromatic rings. The van der Waals surface area contributed by atoms with Crippen molar-refractivity contribution in [2.75, 3.05) is 32.9 Å². The average molecular weight is 520 g/mol. The van der Waals surface area contributed by atoms with Crippen LogP contribution in [0.5, 0.6) is 5.75 Å². The van der Waals surface area contributed by atoms with Crippen LogP contribution in [0.25, 0.3) is 5.52 Å². The molecule has 10 nitrogen and oxygen atoms in total. The molecule has 190 valence electrons. The summed E-state index contributed by atoms with van der Waals surface area (Å²) in [5.41, 5.74) is 1.74. The van der Waals surface area contributed by atoms with E-state index < -0.39 is 17.7 Å². The number of hydrogen-bond acceptors (Lipinski definition) is 9. The SMILES string of the molecule is CC(=NC1CN(C2COC2)C1)/C(=N\N)c1cc(OCC(O)c2ncc(F)cc2F)c2c(Cl)cnn2c1. The fourth-order valence-corrected chi connectivity index (χ4v) is 4.44. The highest BCUT2D eigenvalue weighted by molar-refractivity contribution is 6.47. The summed E-state index contributed by atoms with van der Waals surface area (Å²) in [6, 6.07) is 2.90. The Labute approximate surface area is 210 Å². The highest BCUT2D eigenvalue weighted by Gasteiger charge is 2.36. The zero-order valence-corrected chi connectivity index (χ0v) is 20.1. The quantitative estimate of drug-likeness (QED) is 0.265. The van der Waals surface area contributed by atoms with Crippen LogP contribution in [0.1, 0.15) is 24.3 Å². The van der Waals surface area contributed by atoms with E-state index in [-0.39, 0.29) is 24.1 Å². The first-order chi connectivity index (χ1) is 17.3. The maximum Gasteiger partial charge on any atom is 0.150 e. The number of nitrogens with two attached hydrogens (primary N) is 1. The largest absolute Gasteiger partial charge is 0.488 e. The zero-order valence-electron chi connectivity index (χ0n) is 19.3. The topological polar surface area (TPSA) is 123 Å². The number of fused-ring (bicyclic) bond motifs is 1. The molecule has 0 radical (unpaired) electrons. The number of aromatic nitrogens is 3. The first-order valence-electron chi connectivity index (χ1n) is 11.3. The molecule has 3 aromatic heterocycles. The molecule has 36 heavy (non-hydrogen) atoms. The first kappa shape index (κ1) is 24.5. The van der Waals surface area contributed by atoms with Gasteiger partial charge in [-0.1, -0.05) is 11.6 Å². The zero-order chi connectivity index (χ0) is 25.4. The maximum absolute atomic E-state index is 14.0. The molecular formula is C23H24ClF2N7O3. The van der Waals surface area contributed by atoms with Gasteiger partial charge in [-0.15, -0.1) is 0 Å². The molecule has 2 fully saturated rings. The van der Waals surface area contributed by atoms with Gasteiger partial charge in [0.25, 0.3) is 0 Å². The summed E-state index contributed by atoms with van der Waals surface area (Å²) in [5.74, 6) is 4.17. The van der Waals surface area contributed by atoms with Crippen LogP contribution < -0.4 is 10.6 Å². The Kier molecular flexibility index (Phi) is 6.84. The van der Waals surface area contributed by atoms with Crippen LogP contribution in [0.3, 0.4) is 0 Å². The summed E-state index contributed by atoms with van der Waals surface area (Å²) < 4.78 is 39.7. The van der Waals surface area contributed by atoms with Crippen molar-refractivity contribution in [3.63, 3.8) is 0 Å². The average Bonchev–Trinajstić information content (AvgIpc) is 3.16. The van der Waals surface area contributed by atoms with Gasteiger partial charge in [0, 0.05) is 30.9 Å². The number of aliphatic imine (C=N–C) groups is 1. The summed E-state index contributed by atoms with van der Waals surface area (Å²) >= 11 is 6.30. The van der Waals surface area contributed by atoms with Crippen molar-refractivity contribution in [2.45, 2.75) is 25.1 Å². The normalized spacial score (nSPS) is 18.8.